The fraction of sp³-hybridized carbons (Fsp3) is 0.143. The molecule has 106 valence electrons. The lowest BCUT2D eigenvalue weighted by Gasteiger charge is -2.13. The van der Waals surface area contributed by atoms with E-state index in [0.717, 1.165) is 0 Å². The van der Waals surface area contributed by atoms with Crippen LogP contribution in [0.4, 0.5) is 4.39 Å². The van der Waals surface area contributed by atoms with Crippen molar-refractivity contribution >= 4 is 34.8 Å². The van der Waals surface area contributed by atoms with Gasteiger partial charge in [0.1, 0.15) is 18.2 Å². The van der Waals surface area contributed by atoms with Crippen LogP contribution in [0.25, 0.3) is 0 Å². The smallest absolute Gasteiger partial charge is 0.144 e. The van der Waals surface area contributed by atoms with Crippen LogP contribution < -0.4 is 4.74 Å². The summed E-state index contributed by atoms with van der Waals surface area (Å²) in [5.41, 5.74) is 0.941. The van der Waals surface area contributed by atoms with Crippen LogP contribution in [-0.4, -0.2) is 5.11 Å². The molecule has 0 unspecified atom stereocenters. The van der Waals surface area contributed by atoms with Crippen LogP contribution in [0.2, 0.25) is 15.1 Å². The third-order valence-corrected chi connectivity index (χ3v) is 3.50. The highest BCUT2D eigenvalue weighted by Crippen LogP contribution is 2.33. The molecule has 2 aromatic carbocycles. The summed E-state index contributed by atoms with van der Waals surface area (Å²) in [6.45, 7) is -0.239. The molecule has 2 aromatic rings. The molecule has 0 aliphatic rings. The van der Waals surface area contributed by atoms with E-state index < -0.39 is 5.82 Å². The monoisotopic (exact) mass is 334 g/mol. The van der Waals surface area contributed by atoms with Gasteiger partial charge in [-0.2, -0.15) is 0 Å². The fourth-order valence-corrected chi connectivity index (χ4v) is 2.46. The van der Waals surface area contributed by atoms with Crippen molar-refractivity contribution in [1.82, 2.24) is 0 Å². The average Bonchev–Trinajstić information content (AvgIpc) is 2.40. The van der Waals surface area contributed by atoms with E-state index in [1.807, 2.05) is 0 Å². The number of aliphatic hydroxyl groups is 1. The first kappa shape index (κ1) is 15.4. The first-order chi connectivity index (χ1) is 9.51. The van der Waals surface area contributed by atoms with Gasteiger partial charge in [0.2, 0.25) is 0 Å². The molecule has 0 fully saturated rings. The van der Waals surface area contributed by atoms with Crippen LogP contribution in [0.5, 0.6) is 5.75 Å². The lowest BCUT2D eigenvalue weighted by atomic mass is 10.2. The summed E-state index contributed by atoms with van der Waals surface area (Å²) in [6.07, 6.45) is 0. The molecule has 0 aliphatic heterocycles. The Labute approximate surface area is 130 Å². The van der Waals surface area contributed by atoms with E-state index in [2.05, 4.69) is 0 Å². The van der Waals surface area contributed by atoms with Gasteiger partial charge < -0.3 is 9.84 Å². The summed E-state index contributed by atoms with van der Waals surface area (Å²) < 4.78 is 18.7. The van der Waals surface area contributed by atoms with Gasteiger partial charge in [-0.1, -0.05) is 34.8 Å². The van der Waals surface area contributed by atoms with Gasteiger partial charge in [-0.3, -0.25) is 0 Å². The van der Waals surface area contributed by atoms with Gasteiger partial charge in [0.05, 0.1) is 11.6 Å². The zero-order valence-corrected chi connectivity index (χ0v) is 12.4. The first-order valence-electron chi connectivity index (χ1n) is 5.66. The van der Waals surface area contributed by atoms with Gasteiger partial charge in [0.25, 0.3) is 0 Å². The maximum Gasteiger partial charge on any atom is 0.144 e. The van der Waals surface area contributed by atoms with E-state index in [9.17, 15) is 9.50 Å². The van der Waals surface area contributed by atoms with Crippen LogP contribution in [-0.2, 0) is 13.2 Å². The minimum Gasteiger partial charge on any atom is -0.487 e. The van der Waals surface area contributed by atoms with Crippen molar-refractivity contribution in [1.29, 1.82) is 0 Å². The van der Waals surface area contributed by atoms with Gasteiger partial charge >= 0.3 is 0 Å². The Morgan fingerprint density at radius 3 is 2.45 bits per heavy atom. The highest BCUT2D eigenvalue weighted by Gasteiger charge is 2.11. The molecule has 0 saturated carbocycles. The molecular weight excluding hydrogens is 326 g/mol. The van der Waals surface area contributed by atoms with Crippen LogP contribution >= 0.6 is 34.8 Å². The summed E-state index contributed by atoms with van der Waals surface area (Å²) in [5, 5.41) is 10.3. The van der Waals surface area contributed by atoms with E-state index in [0.29, 0.717) is 26.9 Å². The normalized spacial score (nSPS) is 10.7. The zero-order valence-electron chi connectivity index (χ0n) is 10.2. The number of ether oxygens (including phenoxy) is 1. The van der Waals surface area contributed by atoms with Crippen LogP contribution in [0, 0.1) is 5.82 Å². The molecule has 2 nitrogen and oxygen atoms in total. The van der Waals surface area contributed by atoms with Crippen molar-refractivity contribution in [3.8, 4) is 5.75 Å². The molecule has 0 bridgehead atoms. The van der Waals surface area contributed by atoms with Crippen molar-refractivity contribution in [2.75, 3.05) is 0 Å². The highest BCUT2D eigenvalue weighted by molar-refractivity contribution is 6.35. The van der Waals surface area contributed by atoms with Crippen LogP contribution in [0.3, 0.4) is 0 Å². The lowest BCUT2D eigenvalue weighted by Crippen LogP contribution is -2.01. The molecule has 0 saturated heterocycles. The van der Waals surface area contributed by atoms with E-state index in [1.54, 1.807) is 6.07 Å². The molecule has 0 aliphatic carbocycles. The quantitative estimate of drug-likeness (QED) is 0.865. The molecule has 1 N–H and O–H groups in total. The van der Waals surface area contributed by atoms with Gasteiger partial charge in [-0.15, -0.1) is 0 Å². The number of halogens is 4. The second kappa shape index (κ2) is 6.64. The van der Waals surface area contributed by atoms with Crippen molar-refractivity contribution in [3.63, 3.8) is 0 Å². The predicted molar refractivity (Wildman–Crippen MR) is 78.1 cm³/mol. The van der Waals surface area contributed by atoms with Gasteiger partial charge in [-0.05, 0) is 30.3 Å². The Hall–Kier alpha value is -1.00. The predicted octanol–water partition coefficient (Wildman–Crippen LogP) is 4.86. The Morgan fingerprint density at radius 1 is 1.00 bits per heavy atom. The van der Waals surface area contributed by atoms with Crippen molar-refractivity contribution < 1.29 is 14.2 Å². The standard InChI is InChI=1S/C14H10Cl3FO2/c15-10-3-8(6-19)14(13(17)5-10)20-7-9-4-11(18)1-2-12(9)16/h1-5,19H,6-7H2. The largest absolute Gasteiger partial charge is 0.487 e. The molecule has 0 heterocycles. The molecule has 20 heavy (non-hydrogen) atoms. The van der Waals surface area contributed by atoms with Gasteiger partial charge in [-0.25, -0.2) is 4.39 Å². The molecule has 0 radical (unpaired) electrons. The average molecular weight is 336 g/mol. The number of benzene rings is 2. The first-order valence-corrected chi connectivity index (χ1v) is 6.80. The topological polar surface area (TPSA) is 29.5 Å². The third kappa shape index (κ3) is 3.55. The zero-order chi connectivity index (χ0) is 14.7. The third-order valence-electron chi connectivity index (χ3n) is 2.64. The minimum atomic E-state index is -0.405. The summed E-state index contributed by atoms with van der Waals surface area (Å²) in [4.78, 5) is 0. The lowest BCUT2D eigenvalue weighted by molar-refractivity contribution is 0.259. The second-order valence-electron chi connectivity index (χ2n) is 4.06. The maximum atomic E-state index is 13.2. The summed E-state index contributed by atoms with van der Waals surface area (Å²) >= 11 is 17.8. The Kier molecular flexibility index (Phi) is 5.11. The van der Waals surface area contributed by atoms with E-state index in [4.69, 9.17) is 39.5 Å². The van der Waals surface area contributed by atoms with Crippen LogP contribution in [0.15, 0.2) is 30.3 Å². The number of hydrogen-bond donors (Lipinski definition) is 1. The van der Waals surface area contributed by atoms with Gasteiger partial charge in [0.15, 0.2) is 0 Å². The SMILES string of the molecule is OCc1cc(Cl)cc(Cl)c1OCc1cc(F)ccc1Cl. The fourth-order valence-electron chi connectivity index (χ4n) is 1.70. The Bertz CT molecular complexity index is 632. The summed E-state index contributed by atoms with van der Waals surface area (Å²) in [6, 6.07) is 7.05. The summed E-state index contributed by atoms with van der Waals surface area (Å²) in [7, 11) is 0. The molecule has 0 spiro atoms. The Morgan fingerprint density at radius 2 is 1.75 bits per heavy atom. The van der Waals surface area contributed by atoms with E-state index in [-0.39, 0.29) is 18.2 Å². The van der Waals surface area contributed by atoms with E-state index >= 15 is 0 Å². The molecule has 2 rings (SSSR count). The molecule has 0 atom stereocenters. The van der Waals surface area contributed by atoms with Crippen molar-refractivity contribution in [2.45, 2.75) is 13.2 Å². The molecular formula is C14H10Cl3FO2. The molecule has 0 aromatic heterocycles. The number of hydrogen-bond acceptors (Lipinski definition) is 2. The minimum absolute atomic E-state index is 0.0327. The van der Waals surface area contributed by atoms with E-state index in [1.165, 1.54) is 24.3 Å². The molecule has 6 heteroatoms. The highest BCUT2D eigenvalue weighted by atomic mass is 35.5. The molecule has 0 amide bonds. The van der Waals surface area contributed by atoms with Gasteiger partial charge in [0, 0.05) is 21.2 Å². The Balaban J connectivity index is 2.25. The number of aliphatic hydroxyl groups excluding tert-OH is 1. The van der Waals surface area contributed by atoms with Crippen molar-refractivity contribution in [3.05, 3.63) is 62.3 Å². The van der Waals surface area contributed by atoms with Crippen molar-refractivity contribution in [2.24, 2.45) is 0 Å². The second-order valence-corrected chi connectivity index (χ2v) is 5.31. The summed E-state index contributed by atoms with van der Waals surface area (Å²) in [5.74, 6) is -0.100. The number of rotatable bonds is 4. The maximum absolute atomic E-state index is 13.2. The van der Waals surface area contributed by atoms with Crippen LogP contribution in [0.1, 0.15) is 11.1 Å².